The summed E-state index contributed by atoms with van der Waals surface area (Å²) in [5.74, 6) is -0.740. The minimum Gasteiger partial charge on any atom is -0.480 e. The number of hydrogen-bond donors (Lipinski definition) is 3. The van der Waals surface area contributed by atoms with E-state index < -0.39 is 12.0 Å². The van der Waals surface area contributed by atoms with Crippen LogP contribution in [0.4, 0.5) is 0 Å². The highest BCUT2D eigenvalue weighted by Gasteiger charge is 2.33. The number of carbonyl (C=O) groups is 1. The normalized spacial score (nSPS) is 21.4. The van der Waals surface area contributed by atoms with Gasteiger partial charge in [-0.05, 0) is 18.8 Å². The number of hydrogen-bond acceptors (Lipinski definition) is 3. The Labute approximate surface area is 103 Å². The summed E-state index contributed by atoms with van der Waals surface area (Å²) in [7, 11) is 0. The summed E-state index contributed by atoms with van der Waals surface area (Å²) in [5.41, 5.74) is -0.0964. The van der Waals surface area contributed by atoms with E-state index in [2.05, 4.69) is 5.32 Å². The molecule has 100 valence electrons. The van der Waals surface area contributed by atoms with Gasteiger partial charge in [-0.2, -0.15) is 0 Å². The van der Waals surface area contributed by atoms with Crippen LogP contribution in [0.25, 0.3) is 0 Å². The number of aliphatic hydroxyl groups excluding tert-OH is 1. The molecule has 0 aliphatic heterocycles. The van der Waals surface area contributed by atoms with Crippen molar-refractivity contribution in [2.24, 2.45) is 11.3 Å². The van der Waals surface area contributed by atoms with Crippen molar-refractivity contribution >= 4 is 5.97 Å². The molecule has 1 fully saturated rings. The highest BCUT2D eigenvalue weighted by molar-refractivity contribution is 5.73. The Kier molecular flexibility index (Phi) is 5.40. The van der Waals surface area contributed by atoms with Gasteiger partial charge >= 0.3 is 5.97 Å². The number of carboxylic acid groups (broad SMARTS) is 1. The van der Waals surface area contributed by atoms with E-state index in [1.165, 1.54) is 6.42 Å². The Morgan fingerprint density at radius 2 is 1.88 bits per heavy atom. The molecule has 3 N–H and O–H groups in total. The first-order chi connectivity index (χ1) is 8.01. The Hall–Kier alpha value is -0.610. The van der Waals surface area contributed by atoms with Gasteiger partial charge < -0.3 is 15.5 Å². The van der Waals surface area contributed by atoms with Crippen LogP contribution < -0.4 is 5.32 Å². The lowest BCUT2D eigenvalue weighted by Gasteiger charge is -2.37. The van der Waals surface area contributed by atoms with E-state index in [0.717, 1.165) is 25.7 Å². The molecule has 0 amide bonds. The minimum atomic E-state index is -0.802. The molecule has 1 unspecified atom stereocenters. The average molecular weight is 243 g/mol. The molecule has 4 nitrogen and oxygen atoms in total. The smallest absolute Gasteiger partial charge is 0.320 e. The molecule has 17 heavy (non-hydrogen) atoms. The second kappa shape index (κ2) is 6.36. The molecular formula is C13H25NO3. The molecule has 4 heteroatoms. The van der Waals surface area contributed by atoms with Crippen molar-refractivity contribution in [1.29, 1.82) is 0 Å². The predicted molar refractivity (Wildman–Crippen MR) is 66.9 cm³/mol. The van der Waals surface area contributed by atoms with Crippen molar-refractivity contribution in [3.63, 3.8) is 0 Å². The van der Waals surface area contributed by atoms with E-state index in [4.69, 9.17) is 5.11 Å². The first kappa shape index (κ1) is 14.5. The van der Waals surface area contributed by atoms with Gasteiger partial charge in [0.15, 0.2) is 0 Å². The van der Waals surface area contributed by atoms with E-state index in [9.17, 15) is 9.90 Å². The molecule has 0 heterocycles. The fourth-order valence-corrected chi connectivity index (χ4v) is 2.63. The molecule has 0 bridgehead atoms. The summed E-state index contributed by atoms with van der Waals surface area (Å²) in [6.45, 7) is 4.57. The molecule has 1 atom stereocenters. The third-order valence-corrected chi connectivity index (χ3v) is 3.88. The number of nitrogens with one attached hydrogen (secondary N) is 1. The highest BCUT2D eigenvalue weighted by Crippen LogP contribution is 2.35. The lowest BCUT2D eigenvalue weighted by molar-refractivity contribution is -0.140. The lowest BCUT2D eigenvalue weighted by atomic mass is 9.74. The molecule has 1 saturated carbocycles. The first-order valence-corrected chi connectivity index (χ1v) is 6.58. The Morgan fingerprint density at radius 3 is 2.29 bits per heavy atom. The van der Waals surface area contributed by atoms with Gasteiger partial charge in [0.25, 0.3) is 0 Å². The zero-order valence-electron chi connectivity index (χ0n) is 10.9. The van der Waals surface area contributed by atoms with Gasteiger partial charge in [-0.3, -0.25) is 4.79 Å². The summed E-state index contributed by atoms with van der Waals surface area (Å²) in [6, 6.07) is -0.514. The number of aliphatic hydroxyl groups is 1. The molecule has 0 aromatic carbocycles. The zero-order valence-corrected chi connectivity index (χ0v) is 10.9. The monoisotopic (exact) mass is 243 g/mol. The van der Waals surface area contributed by atoms with Crippen molar-refractivity contribution < 1.29 is 15.0 Å². The number of rotatable bonds is 6. The van der Waals surface area contributed by atoms with Crippen LogP contribution >= 0.6 is 0 Å². The third kappa shape index (κ3) is 3.96. The Bertz CT molecular complexity index is 247. The van der Waals surface area contributed by atoms with Crippen molar-refractivity contribution in [3.8, 4) is 0 Å². The third-order valence-electron chi connectivity index (χ3n) is 3.88. The van der Waals surface area contributed by atoms with Crippen LogP contribution in [0.2, 0.25) is 0 Å². The molecule has 1 rings (SSSR count). The number of aliphatic carboxylic acids is 1. The molecule has 0 radical (unpaired) electrons. The van der Waals surface area contributed by atoms with Crippen LogP contribution in [0.1, 0.15) is 46.0 Å². The van der Waals surface area contributed by atoms with Gasteiger partial charge in [0, 0.05) is 18.6 Å². The maximum atomic E-state index is 11.1. The average Bonchev–Trinajstić information content (AvgIpc) is 2.29. The van der Waals surface area contributed by atoms with Crippen molar-refractivity contribution in [1.82, 2.24) is 5.32 Å². The van der Waals surface area contributed by atoms with Gasteiger partial charge in [0.2, 0.25) is 0 Å². The molecular weight excluding hydrogens is 218 g/mol. The van der Waals surface area contributed by atoms with Gasteiger partial charge in [0.1, 0.15) is 6.04 Å². The summed E-state index contributed by atoms with van der Waals surface area (Å²) in [5, 5.41) is 21.8. The summed E-state index contributed by atoms with van der Waals surface area (Å²) in [6.07, 6.45) is 5.51. The Morgan fingerprint density at radius 1 is 1.29 bits per heavy atom. The molecule has 0 aromatic rings. The standard InChI is InChI=1S/C13H25NO3/c1-10(2)11(12(16)17)14-8-13(9-15)6-4-3-5-7-13/h10-11,14-15H,3-9H2,1-2H3,(H,16,17). The first-order valence-electron chi connectivity index (χ1n) is 6.58. The van der Waals surface area contributed by atoms with E-state index in [-0.39, 0.29) is 17.9 Å². The quantitative estimate of drug-likeness (QED) is 0.663. The lowest BCUT2D eigenvalue weighted by Crippen LogP contribution is -2.48. The molecule has 0 aromatic heterocycles. The van der Waals surface area contributed by atoms with Crippen LogP contribution in [0.3, 0.4) is 0 Å². The van der Waals surface area contributed by atoms with Gasteiger partial charge in [-0.25, -0.2) is 0 Å². The highest BCUT2D eigenvalue weighted by atomic mass is 16.4. The largest absolute Gasteiger partial charge is 0.480 e. The van der Waals surface area contributed by atoms with E-state index in [1.54, 1.807) is 0 Å². The summed E-state index contributed by atoms with van der Waals surface area (Å²) < 4.78 is 0. The topological polar surface area (TPSA) is 69.6 Å². The van der Waals surface area contributed by atoms with Crippen LogP contribution in [0.5, 0.6) is 0 Å². The van der Waals surface area contributed by atoms with Gasteiger partial charge in [-0.15, -0.1) is 0 Å². The van der Waals surface area contributed by atoms with Crippen molar-refractivity contribution in [2.45, 2.75) is 52.0 Å². The van der Waals surface area contributed by atoms with Gasteiger partial charge in [0.05, 0.1) is 0 Å². The van der Waals surface area contributed by atoms with E-state index in [0.29, 0.717) is 6.54 Å². The maximum Gasteiger partial charge on any atom is 0.320 e. The van der Waals surface area contributed by atoms with Gasteiger partial charge in [-0.1, -0.05) is 33.1 Å². The Balaban J connectivity index is 2.53. The fraction of sp³-hybridized carbons (Fsp3) is 0.923. The molecule has 1 aliphatic rings. The molecule has 0 saturated heterocycles. The van der Waals surface area contributed by atoms with E-state index in [1.807, 2.05) is 13.8 Å². The van der Waals surface area contributed by atoms with E-state index >= 15 is 0 Å². The maximum absolute atomic E-state index is 11.1. The molecule has 1 aliphatic carbocycles. The van der Waals surface area contributed by atoms with Crippen LogP contribution in [-0.2, 0) is 4.79 Å². The zero-order chi connectivity index (χ0) is 12.9. The van der Waals surface area contributed by atoms with Crippen molar-refractivity contribution in [2.75, 3.05) is 13.2 Å². The second-order valence-corrected chi connectivity index (χ2v) is 5.66. The number of carboxylic acids is 1. The van der Waals surface area contributed by atoms with Crippen LogP contribution in [0.15, 0.2) is 0 Å². The second-order valence-electron chi connectivity index (χ2n) is 5.66. The molecule has 0 spiro atoms. The van der Waals surface area contributed by atoms with Crippen molar-refractivity contribution in [3.05, 3.63) is 0 Å². The summed E-state index contributed by atoms with van der Waals surface area (Å²) in [4.78, 5) is 11.1. The minimum absolute atomic E-state index is 0.0619. The predicted octanol–water partition coefficient (Wildman–Crippen LogP) is 1.63. The van der Waals surface area contributed by atoms with Crippen LogP contribution in [-0.4, -0.2) is 35.4 Å². The SMILES string of the molecule is CC(C)C(NCC1(CO)CCCCC1)C(=O)O. The fourth-order valence-electron chi connectivity index (χ4n) is 2.63. The van der Waals surface area contributed by atoms with Crippen LogP contribution in [0, 0.1) is 11.3 Å². The summed E-state index contributed by atoms with van der Waals surface area (Å²) >= 11 is 0.